The SMILES string of the molecule is Cc1nn(Cc2ccc(Cl)cc2)c2sc(C(=O)N(C)CCN3CCCC3)cc12. The summed E-state index contributed by atoms with van der Waals surface area (Å²) in [5, 5.41) is 6.46. The minimum absolute atomic E-state index is 0.0952. The number of carbonyl (C=O) groups is 1. The zero-order valence-corrected chi connectivity index (χ0v) is 17.9. The highest BCUT2D eigenvalue weighted by atomic mass is 35.5. The molecule has 7 heteroatoms. The van der Waals surface area contributed by atoms with Gasteiger partial charge in [-0.05, 0) is 56.6 Å². The molecule has 0 unspecified atom stereocenters. The van der Waals surface area contributed by atoms with E-state index in [1.165, 1.54) is 24.2 Å². The van der Waals surface area contributed by atoms with Gasteiger partial charge in [0.15, 0.2) is 0 Å². The van der Waals surface area contributed by atoms with E-state index in [1.807, 2.05) is 53.9 Å². The van der Waals surface area contributed by atoms with E-state index in [-0.39, 0.29) is 5.91 Å². The lowest BCUT2D eigenvalue weighted by atomic mass is 10.2. The van der Waals surface area contributed by atoms with Crippen molar-refractivity contribution in [3.05, 3.63) is 51.5 Å². The lowest BCUT2D eigenvalue weighted by Gasteiger charge is -2.21. The molecule has 1 fully saturated rings. The molecule has 1 saturated heterocycles. The molecule has 148 valence electrons. The zero-order valence-electron chi connectivity index (χ0n) is 16.3. The fourth-order valence-electron chi connectivity index (χ4n) is 3.68. The molecule has 2 aromatic heterocycles. The number of thiophene rings is 1. The van der Waals surface area contributed by atoms with E-state index in [0.29, 0.717) is 6.54 Å². The monoisotopic (exact) mass is 416 g/mol. The van der Waals surface area contributed by atoms with E-state index >= 15 is 0 Å². The number of amides is 1. The molecule has 0 radical (unpaired) electrons. The third-order valence-electron chi connectivity index (χ3n) is 5.36. The van der Waals surface area contributed by atoms with Crippen molar-refractivity contribution in [1.82, 2.24) is 19.6 Å². The highest BCUT2D eigenvalue weighted by Crippen LogP contribution is 2.29. The Labute approximate surface area is 174 Å². The van der Waals surface area contributed by atoms with Crippen LogP contribution in [-0.2, 0) is 6.54 Å². The van der Waals surface area contributed by atoms with Crippen LogP contribution in [0.3, 0.4) is 0 Å². The van der Waals surface area contributed by atoms with Crippen LogP contribution in [0.5, 0.6) is 0 Å². The van der Waals surface area contributed by atoms with Crippen molar-refractivity contribution in [1.29, 1.82) is 0 Å². The summed E-state index contributed by atoms with van der Waals surface area (Å²) in [5.74, 6) is 0.0952. The Morgan fingerprint density at radius 1 is 1.25 bits per heavy atom. The summed E-state index contributed by atoms with van der Waals surface area (Å²) < 4.78 is 1.99. The maximum absolute atomic E-state index is 12.9. The number of hydrogen-bond donors (Lipinski definition) is 0. The van der Waals surface area contributed by atoms with Gasteiger partial charge >= 0.3 is 0 Å². The zero-order chi connectivity index (χ0) is 19.7. The number of aromatic nitrogens is 2. The number of aryl methyl sites for hydroxylation is 1. The molecule has 1 amide bonds. The minimum Gasteiger partial charge on any atom is -0.340 e. The summed E-state index contributed by atoms with van der Waals surface area (Å²) in [6.45, 7) is 6.70. The van der Waals surface area contributed by atoms with Crippen molar-refractivity contribution >= 4 is 39.1 Å². The molecule has 1 aliphatic heterocycles. The molecule has 0 spiro atoms. The maximum atomic E-state index is 12.9. The van der Waals surface area contributed by atoms with Crippen LogP contribution < -0.4 is 0 Å². The molecule has 1 aliphatic rings. The number of fused-ring (bicyclic) bond motifs is 1. The second-order valence-corrected chi connectivity index (χ2v) is 8.94. The van der Waals surface area contributed by atoms with Crippen molar-refractivity contribution in [2.24, 2.45) is 0 Å². The van der Waals surface area contributed by atoms with E-state index in [1.54, 1.807) is 0 Å². The summed E-state index contributed by atoms with van der Waals surface area (Å²) in [6.07, 6.45) is 2.55. The molecule has 1 aromatic carbocycles. The average molecular weight is 417 g/mol. The Morgan fingerprint density at radius 2 is 1.96 bits per heavy atom. The van der Waals surface area contributed by atoms with Gasteiger partial charge in [-0.25, -0.2) is 0 Å². The minimum atomic E-state index is 0.0952. The summed E-state index contributed by atoms with van der Waals surface area (Å²) in [5.41, 5.74) is 2.09. The van der Waals surface area contributed by atoms with E-state index in [4.69, 9.17) is 11.6 Å². The van der Waals surface area contributed by atoms with Gasteiger partial charge < -0.3 is 9.80 Å². The van der Waals surface area contributed by atoms with Gasteiger partial charge in [0.25, 0.3) is 5.91 Å². The Hall–Kier alpha value is -1.89. The second-order valence-electron chi connectivity index (χ2n) is 7.47. The first-order chi connectivity index (χ1) is 13.5. The van der Waals surface area contributed by atoms with Gasteiger partial charge in [-0.1, -0.05) is 23.7 Å². The fourth-order valence-corrected chi connectivity index (χ4v) is 4.96. The van der Waals surface area contributed by atoms with E-state index in [2.05, 4.69) is 10.00 Å². The predicted octanol–water partition coefficient (Wildman–Crippen LogP) is 4.28. The van der Waals surface area contributed by atoms with E-state index < -0.39 is 0 Å². The van der Waals surface area contributed by atoms with Crippen LogP contribution in [0, 0.1) is 6.92 Å². The number of likely N-dealkylation sites (tertiary alicyclic amines) is 1. The van der Waals surface area contributed by atoms with Crippen molar-refractivity contribution in [2.75, 3.05) is 33.2 Å². The molecular weight excluding hydrogens is 392 g/mol. The summed E-state index contributed by atoms with van der Waals surface area (Å²) in [7, 11) is 1.90. The Bertz CT molecular complexity index is 972. The second kappa shape index (κ2) is 8.23. The molecule has 0 N–H and O–H groups in total. The fraction of sp³-hybridized carbons (Fsp3) is 0.429. The molecule has 0 atom stereocenters. The van der Waals surface area contributed by atoms with Crippen LogP contribution in [0.15, 0.2) is 30.3 Å². The Balaban J connectivity index is 1.50. The lowest BCUT2D eigenvalue weighted by Crippen LogP contribution is -2.34. The molecule has 28 heavy (non-hydrogen) atoms. The number of hydrogen-bond acceptors (Lipinski definition) is 4. The van der Waals surface area contributed by atoms with Crippen LogP contribution in [0.25, 0.3) is 10.2 Å². The van der Waals surface area contributed by atoms with Gasteiger partial charge in [-0.3, -0.25) is 9.48 Å². The molecule has 3 heterocycles. The molecule has 0 bridgehead atoms. The molecule has 5 nitrogen and oxygen atoms in total. The van der Waals surface area contributed by atoms with Gasteiger partial charge in [0, 0.05) is 30.5 Å². The lowest BCUT2D eigenvalue weighted by molar-refractivity contribution is 0.0787. The summed E-state index contributed by atoms with van der Waals surface area (Å²) in [6, 6.07) is 9.80. The van der Waals surface area contributed by atoms with Gasteiger partial charge in [0.05, 0.1) is 17.1 Å². The summed E-state index contributed by atoms with van der Waals surface area (Å²) >= 11 is 7.51. The Kier molecular flexibility index (Phi) is 5.71. The van der Waals surface area contributed by atoms with Crippen molar-refractivity contribution in [2.45, 2.75) is 26.3 Å². The average Bonchev–Trinajstić information content (AvgIpc) is 3.41. The van der Waals surface area contributed by atoms with Crippen LogP contribution in [0.2, 0.25) is 5.02 Å². The number of rotatable bonds is 6. The van der Waals surface area contributed by atoms with Crippen LogP contribution in [0.4, 0.5) is 0 Å². The van der Waals surface area contributed by atoms with Crippen LogP contribution in [-0.4, -0.2) is 58.7 Å². The predicted molar refractivity (Wildman–Crippen MR) is 116 cm³/mol. The molecule has 0 saturated carbocycles. The highest BCUT2D eigenvalue weighted by Gasteiger charge is 2.20. The van der Waals surface area contributed by atoms with Crippen LogP contribution in [0.1, 0.15) is 33.8 Å². The topological polar surface area (TPSA) is 41.4 Å². The Morgan fingerprint density at radius 3 is 2.68 bits per heavy atom. The van der Waals surface area contributed by atoms with Crippen molar-refractivity contribution < 1.29 is 4.79 Å². The summed E-state index contributed by atoms with van der Waals surface area (Å²) in [4.78, 5) is 19.0. The first kappa shape index (κ1) is 19.4. The molecule has 4 rings (SSSR count). The quantitative estimate of drug-likeness (QED) is 0.602. The smallest absolute Gasteiger partial charge is 0.263 e. The van der Waals surface area contributed by atoms with Crippen LogP contribution >= 0.6 is 22.9 Å². The third-order valence-corrected chi connectivity index (χ3v) is 6.75. The van der Waals surface area contributed by atoms with E-state index in [9.17, 15) is 4.79 Å². The van der Waals surface area contributed by atoms with Crippen molar-refractivity contribution in [3.8, 4) is 0 Å². The third kappa shape index (κ3) is 4.09. The van der Waals surface area contributed by atoms with Crippen molar-refractivity contribution in [3.63, 3.8) is 0 Å². The van der Waals surface area contributed by atoms with Gasteiger partial charge in [-0.15, -0.1) is 11.3 Å². The molecular formula is C21H25ClN4OS. The first-order valence-corrected chi connectivity index (χ1v) is 10.9. The number of carbonyl (C=O) groups excluding carboxylic acids is 1. The maximum Gasteiger partial charge on any atom is 0.263 e. The normalized spacial score (nSPS) is 14.8. The number of nitrogens with zero attached hydrogens (tertiary/aromatic N) is 4. The molecule has 3 aromatic rings. The van der Waals surface area contributed by atoms with E-state index in [0.717, 1.165) is 57.6 Å². The highest BCUT2D eigenvalue weighted by molar-refractivity contribution is 7.20. The van der Waals surface area contributed by atoms with Gasteiger partial charge in [-0.2, -0.15) is 5.10 Å². The molecule has 0 aliphatic carbocycles. The standard InChI is InChI=1S/C21H25ClN4OS/c1-15-18-13-19(20(27)24(2)11-12-25-9-3-4-10-25)28-21(18)26(23-15)14-16-5-7-17(22)8-6-16/h5-8,13H,3-4,9-12,14H2,1-2H3. The largest absolute Gasteiger partial charge is 0.340 e. The van der Waals surface area contributed by atoms with Gasteiger partial charge in [0.1, 0.15) is 4.83 Å². The first-order valence-electron chi connectivity index (χ1n) is 9.70. The number of halogens is 1. The number of likely N-dealkylation sites (N-methyl/N-ethyl adjacent to an activating group) is 1. The number of benzene rings is 1. The van der Waals surface area contributed by atoms with Gasteiger partial charge in [0.2, 0.25) is 0 Å².